The Balaban J connectivity index is 1.47. The molecule has 0 unspecified atom stereocenters. The van der Waals surface area contributed by atoms with Gasteiger partial charge in [0, 0.05) is 38.1 Å². The third kappa shape index (κ3) is 5.43. The minimum Gasteiger partial charge on any atom is -0.357 e. The van der Waals surface area contributed by atoms with Crippen molar-refractivity contribution in [1.29, 1.82) is 0 Å². The molecule has 2 aliphatic rings. The zero-order chi connectivity index (χ0) is 18.6. The first kappa shape index (κ1) is 19.6. The molecule has 0 spiro atoms. The van der Waals surface area contributed by atoms with Crippen LogP contribution in [-0.2, 0) is 6.54 Å². The Labute approximate surface area is 162 Å². The average molecular weight is 378 g/mol. The van der Waals surface area contributed by atoms with Gasteiger partial charge in [0.1, 0.15) is 0 Å². The Morgan fingerprint density at radius 1 is 1.35 bits per heavy atom. The number of rotatable bonds is 5. The summed E-state index contributed by atoms with van der Waals surface area (Å²) < 4.78 is 0. The first-order chi connectivity index (χ1) is 12.4. The lowest BCUT2D eigenvalue weighted by Crippen LogP contribution is -2.41. The lowest BCUT2D eigenvalue weighted by Gasteiger charge is -2.31. The summed E-state index contributed by atoms with van der Waals surface area (Å²) in [6, 6.07) is 0. The van der Waals surface area contributed by atoms with Gasteiger partial charge in [-0.1, -0.05) is 13.8 Å². The molecular weight excluding hydrogens is 342 g/mol. The Kier molecular flexibility index (Phi) is 6.56. The molecule has 0 saturated carbocycles. The summed E-state index contributed by atoms with van der Waals surface area (Å²) in [5, 5.41) is 6.88. The fourth-order valence-electron chi connectivity index (χ4n) is 3.97. The number of piperidine rings is 1. The van der Waals surface area contributed by atoms with Gasteiger partial charge >= 0.3 is 0 Å². The SMILES string of the molecule is CCNC(=NCC1CCN(Cc2csc(C)n2)CC1)N1CCC(C)(C)C1. The number of aryl methyl sites for hydroxylation is 1. The van der Waals surface area contributed by atoms with E-state index in [1.807, 2.05) is 0 Å². The summed E-state index contributed by atoms with van der Waals surface area (Å²) in [7, 11) is 0. The second-order valence-corrected chi connectivity index (χ2v) is 9.67. The van der Waals surface area contributed by atoms with Gasteiger partial charge in [0.25, 0.3) is 0 Å². The number of aromatic nitrogens is 1. The minimum atomic E-state index is 0.412. The van der Waals surface area contributed by atoms with E-state index in [-0.39, 0.29) is 0 Å². The Hall–Kier alpha value is -1.14. The Morgan fingerprint density at radius 2 is 2.12 bits per heavy atom. The summed E-state index contributed by atoms with van der Waals surface area (Å²) in [6.45, 7) is 16.5. The molecule has 3 rings (SSSR count). The molecule has 26 heavy (non-hydrogen) atoms. The molecule has 1 aromatic heterocycles. The van der Waals surface area contributed by atoms with Crippen molar-refractivity contribution >= 4 is 17.3 Å². The van der Waals surface area contributed by atoms with Crippen molar-refractivity contribution in [3.05, 3.63) is 16.1 Å². The van der Waals surface area contributed by atoms with E-state index >= 15 is 0 Å². The summed E-state index contributed by atoms with van der Waals surface area (Å²) in [5.74, 6) is 1.84. The number of hydrogen-bond acceptors (Lipinski definition) is 4. The highest BCUT2D eigenvalue weighted by atomic mass is 32.1. The van der Waals surface area contributed by atoms with E-state index < -0.39 is 0 Å². The van der Waals surface area contributed by atoms with E-state index in [0.717, 1.165) is 38.7 Å². The van der Waals surface area contributed by atoms with Crippen LogP contribution in [0.5, 0.6) is 0 Å². The number of hydrogen-bond donors (Lipinski definition) is 1. The highest BCUT2D eigenvalue weighted by Crippen LogP contribution is 2.29. The molecule has 1 N–H and O–H groups in total. The van der Waals surface area contributed by atoms with Gasteiger partial charge in [0.15, 0.2) is 5.96 Å². The molecule has 0 amide bonds. The quantitative estimate of drug-likeness (QED) is 0.631. The van der Waals surface area contributed by atoms with E-state index in [4.69, 9.17) is 4.99 Å². The van der Waals surface area contributed by atoms with Crippen LogP contribution in [0.3, 0.4) is 0 Å². The minimum absolute atomic E-state index is 0.412. The van der Waals surface area contributed by atoms with Crippen molar-refractivity contribution in [1.82, 2.24) is 20.1 Å². The number of nitrogens with zero attached hydrogens (tertiary/aromatic N) is 4. The molecule has 0 aromatic carbocycles. The fourth-order valence-corrected chi connectivity index (χ4v) is 4.58. The number of thiazole rings is 1. The Morgan fingerprint density at radius 3 is 2.69 bits per heavy atom. The van der Waals surface area contributed by atoms with Crippen molar-refractivity contribution in [2.45, 2.75) is 53.5 Å². The molecule has 3 heterocycles. The molecule has 2 saturated heterocycles. The third-order valence-electron chi connectivity index (χ3n) is 5.57. The predicted octanol–water partition coefficient (Wildman–Crippen LogP) is 3.36. The van der Waals surface area contributed by atoms with Gasteiger partial charge in [-0.2, -0.15) is 0 Å². The van der Waals surface area contributed by atoms with Crippen LogP contribution in [-0.4, -0.2) is 60.0 Å². The van der Waals surface area contributed by atoms with Gasteiger partial charge in [-0.25, -0.2) is 4.98 Å². The van der Waals surface area contributed by atoms with Crippen LogP contribution < -0.4 is 5.32 Å². The van der Waals surface area contributed by atoms with Crippen LogP contribution in [0.15, 0.2) is 10.4 Å². The third-order valence-corrected chi connectivity index (χ3v) is 6.39. The number of guanidine groups is 1. The van der Waals surface area contributed by atoms with E-state index in [2.05, 4.69) is 53.2 Å². The second kappa shape index (κ2) is 8.70. The largest absolute Gasteiger partial charge is 0.357 e. The first-order valence-corrected chi connectivity index (χ1v) is 11.0. The van der Waals surface area contributed by atoms with Crippen molar-refractivity contribution in [3.8, 4) is 0 Å². The monoisotopic (exact) mass is 377 g/mol. The van der Waals surface area contributed by atoms with Crippen LogP contribution >= 0.6 is 11.3 Å². The van der Waals surface area contributed by atoms with E-state index in [9.17, 15) is 0 Å². The van der Waals surface area contributed by atoms with Crippen LogP contribution in [0.25, 0.3) is 0 Å². The highest BCUT2D eigenvalue weighted by Gasteiger charge is 2.31. The molecule has 0 bridgehead atoms. The molecule has 6 heteroatoms. The normalized spacial score (nSPS) is 22.2. The zero-order valence-corrected chi connectivity index (χ0v) is 17.7. The van der Waals surface area contributed by atoms with Crippen LogP contribution in [0, 0.1) is 18.3 Å². The van der Waals surface area contributed by atoms with Crippen molar-refractivity contribution < 1.29 is 0 Å². The molecule has 146 valence electrons. The predicted molar refractivity (Wildman–Crippen MR) is 111 cm³/mol. The van der Waals surface area contributed by atoms with Gasteiger partial charge in [0.2, 0.25) is 0 Å². The van der Waals surface area contributed by atoms with E-state index in [1.54, 1.807) is 11.3 Å². The summed E-state index contributed by atoms with van der Waals surface area (Å²) in [5.41, 5.74) is 1.64. The maximum Gasteiger partial charge on any atom is 0.193 e. The van der Waals surface area contributed by atoms with Crippen molar-refractivity contribution in [2.24, 2.45) is 16.3 Å². The zero-order valence-electron chi connectivity index (χ0n) is 16.9. The van der Waals surface area contributed by atoms with Crippen LogP contribution in [0.2, 0.25) is 0 Å². The molecule has 2 aliphatic heterocycles. The van der Waals surface area contributed by atoms with Gasteiger partial charge in [-0.05, 0) is 57.5 Å². The fraction of sp³-hybridized carbons (Fsp3) is 0.800. The number of likely N-dealkylation sites (tertiary alicyclic amines) is 2. The lowest BCUT2D eigenvalue weighted by atomic mass is 9.93. The molecule has 5 nitrogen and oxygen atoms in total. The molecule has 0 aliphatic carbocycles. The Bertz CT molecular complexity index is 601. The average Bonchev–Trinajstić information content (AvgIpc) is 3.18. The lowest BCUT2D eigenvalue weighted by molar-refractivity contribution is 0.179. The number of nitrogens with one attached hydrogen (secondary N) is 1. The van der Waals surface area contributed by atoms with Gasteiger partial charge < -0.3 is 10.2 Å². The molecule has 0 radical (unpaired) electrons. The van der Waals surface area contributed by atoms with Gasteiger partial charge in [-0.3, -0.25) is 9.89 Å². The van der Waals surface area contributed by atoms with Crippen LogP contribution in [0.1, 0.15) is 50.7 Å². The molecular formula is C20H35N5S. The highest BCUT2D eigenvalue weighted by molar-refractivity contribution is 7.09. The summed E-state index contributed by atoms with van der Waals surface area (Å²) in [4.78, 5) is 14.6. The van der Waals surface area contributed by atoms with E-state index in [1.165, 1.54) is 43.1 Å². The summed E-state index contributed by atoms with van der Waals surface area (Å²) >= 11 is 1.75. The van der Waals surface area contributed by atoms with Crippen molar-refractivity contribution in [3.63, 3.8) is 0 Å². The second-order valence-electron chi connectivity index (χ2n) is 8.61. The molecule has 0 atom stereocenters. The topological polar surface area (TPSA) is 43.8 Å². The maximum atomic E-state index is 5.00. The van der Waals surface area contributed by atoms with Crippen molar-refractivity contribution in [2.75, 3.05) is 39.3 Å². The smallest absolute Gasteiger partial charge is 0.193 e. The van der Waals surface area contributed by atoms with Gasteiger partial charge in [-0.15, -0.1) is 11.3 Å². The van der Waals surface area contributed by atoms with Crippen LogP contribution in [0.4, 0.5) is 0 Å². The number of aliphatic imine (C=N–C) groups is 1. The maximum absolute atomic E-state index is 5.00. The summed E-state index contributed by atoms with van der Waals surface area (Å²) in [6.07, 6.45) is 3.75. The standard InChI is InChI=1S/C20H35N5S/c1-5-21-19(25-11-8-20(3,4)15-25)22-12-17-6-9-24(10-7-17)13-18-14-26-16(2)23-18/h14,17H,5-13,15H2,1-4H3,(H,21,22). The first-order valence-electron chi connectivity index (χ1n) is 10.1. The van der Waals surface area contributed by atoms with E-state index in [0.29, 0.717) is 11.3 Å². The van der Waals surface area contributed by atoms with Gasteiger partial charge in [0.05, 0.1) is 10.7 Å². The molecule has 1 aromatic rings. The molecule has 2 fully saturated rings.